The fraction of sp³-hybridized carbons (Fsp3) is 0.462. The summed E-state index contributed by atoms with van der Waals surface area (Å²) in [5.41, 5.74) is 11.0. The molecule has 1 aliphatic rings. The van der Waals surface area contributed by atoms with Gasteiger partial charge in [-0.1, -0.05) is 0 Å². The van der Waals surface area contributed by atoms with Gasteiger partial charge in [0.25, 0.3) is 0 Å². The normalized spacial score (nSPS) is 22.0. The fourth-order valence-electron chi connectivity index (χ4n) is 2.42. The number of nitrogens with two attached hydrogens (primary N) is 2. The van der Waals surface area contributed by atoms with Crippen molar-refractivity contribution >= 4 is 21.6 Å². The molecule has 1 aliphatic carbocycles. The van der Waals surface area contributed by atoms with Crippen LogP contribution in [0.15, 0.2) is 23.1 Å². The van der Waals surface area contributed by atoms with E-state index in [4.69, 9.17) is 11.5 Å². The number of nitrogen functional groups attached to an aromatic ring is 1. The van der Waals surface area contributed by atoms with Crippen LogP contribution in [0.2, 0.25) is 0 Å². The Morgan fingerprint density at radius 3 is 2.52 bits per heavy atom. The van der Waals surface area contributed by atoms with Crippen molar-refractivity contribution in [3.63, 3.8) is 0 Å². The van der Waals surface area contributed by atoms with Crippen LogP contribution in [-0.2, 0) is 10.0 Å². The Balaban J connectivity index is 2.20. The highest BCUT2D eigenvalue weighted by molar-refractivity contribution is 7.89. The molecule has 0 heterocycles. The van der Waals surface area contributed by atoms with E-state index < -0.39 is 15.9 Å². The Morgan fingerprint density at radius 2 is 2.05 bits per heavy atom. The van der Waals surface area contributed by atoms with Crippen LogP contribution in [0.1, 0.15) is 23.2 Å². The summed E-state index contributed by atoms with van der Waals surface area (Å²) in [6.07, 6.45) is 0.886. The monoisotopic (exact) mass is 313 g/mol. The van der Waals surface area contributed by atoms with Crippen molar-refractivity contribution in [2.75, 3.05) is 19.3 Å². The molecule has 0 saturated heterocycles. The molecule has 0 aromatic heterocycles. The molecule has 1 aromatic rings. The van der Waals surface area contributed by atoms with Crippen LogP contribution >= 0.6 is 0 Å². The second-order valence-electron chi connectivity index (χ2n) is 5.39. The Kier molecular flexibility index (Phi) is 4.22. The van der Waals surface area contributed by atoms with Gasteiger partial charge in [-0.2, -0.15) is 0 Å². The van der Waals surface area contributed by atoms with E-state index in [0.29, 0.717) is 19.4 Å². The van der Waals surface area contributed by atoms with Crippen molar-refractivity contribution in [1.82, 2.24) is 4.31 Å². The highest BCUT2D eigenvalue weighted by Crippen LogP contribution is 2.30. The number of hydrogen-bond acceptors (Lipinski definition) is 5. The highest BCUT2D eigenvalue weighted by atomic mass is 32.2. The van der Waals surface area contributed by atoms with Crippen LogP contribution in [0.5, 0.6) is 0 Å². The first-order chi connectivity index (χ1) is 9.71. The van der Waals surface area contributed by atoms with Gasteiger partial charge in [0, 0.05) is 19.2 Å². The lowest BCUT2D eigenvalue weighted by Gasteiger charge is -2.34. The fourth-order valence-corrected chi connectivity index (χ4v) is 3.76. The second kappa shape index (κ2) is 5.63. The van der Waals surface area contributed by atoms with E-state index in [0.717, 1.165) is 0 Å². The lowest BCUT2D eigenvalue weighted by atomic mass is 9.82. The van der Waals surface area contributed by atoms with Gasteiger partial charge in [0.05, 0.1) is 11.8 Å². The molecule has 0 aliphatic heterocycles. The highest BCUT2D eigenvalue weighted by Gasteiger charge is 2.32. The largest absolute Gasteiger partial charge is 0.398 e. The molecule has 5 N–H and O–H groups in total. The third-order valence-electron chi connectivity index (χ3n) is 3.71. The molecule has 7 nitrogen and oxygen atoms in total. The average molecular weight is 313 g/mol. The van der Waals surface area contributed by atoms with Gasteiger partial charge in [-0.25, -0.2) is 12.7 Å². The minimum Gasteiger partial charge on any atom is -0.398 e. The molecule has 0 bridgehead atoms. The van der Waals surface area contributed by atoms with Crippen molar-refractivity contribution in [1.29, 1.82) is 0 Å². The molecule has 116 valence electrons. The SMILES string of the molecule is CN(CC1CC(O)C1)S(=O)(=O)c1ccc(C(N)=O)cc1N. The van der Waals surface area contributed by atoms with E-state index in [1.807, 2.05) is 0 Å². The number of sulfonamides is 1. The van der Waals surface area contributed by atoms with Crippen molar-refractivity contribution < 1.29 is 18.3 Å². The minimum atomic E-state index is -3.73. The van der Waals surface area contributed by atoms with E-state index in [1.54, 1.807) is 0 Å². The van der Waals surface area contributed by atoms with E-state index in [2.05, 4.69) is 0 Å². The molecule has 0 atom stereocenters. The zero-order chi connectivity index (χ0) is 15.8. The number of aliphatic hydroxyl groups is 1. The van der Waals surface area contributed by atoms with E-state index >= 15 is 0 Å². The van der Waals surface area contributed by atoms with Crippen LogP contribution in [0.4, 0.5) is 5.69 Å². The summed E-state index contributed by atoms with van der Waals surface area (Å²) in [5.74, 6) is -0.506. The lowest BCUT2D eigenvalue weighted by molar-refractivity contribution is 0.0367. The van der Waals surface area contributed by atoms with Gasteiger partial charge in [-0.05, 0) is 37.0 Å². The van der Waals surface area contributed by atoms with Crippen LogP contribution in [-0.4, -0.2) is 43.4 Å². The Bertz CT molecular complexity index is 653. The third-order valence-corrected chi connectivity index (χ3v) is 5.61. The smallest absolute Gasteiger partial charge is 0.248 e. The van der Waals surface area contributed by atoms with Gasteiger partial charge in [0.1, 0.15) is 4.90 Å². The number of anilines is 1. The molecule has 8 heteroatoms. The van der Waals surface area contributed by atoms with Crippen molar-refractivity contribution in [2.24, 2.45) is 11.7 Å². The van der Waals surface area contributed by atoms with Crippen molar-refractivity contribution in [3.8, 4) is 0 Å². The zero-order valence-electron chi connectivity index (χ0n) is 11.7. The van der Waals surface area contributed by atoms with Gasteiger partial charge in [0.2, 0.25) is 15.9 Å². The van der Waals surface area contributed by atoms with Gasteiger partial charge in [-0.3, -0.25) is 4.79 Å². The lowest BCUT2D eigenvalue weighted by Crippen LogP contribution is -2.39. The molecule has 1 saturated carbocycles. The third kappa shape index (κ3) is 3.17. The van der Waals surface area contributed by atoms with Gasteiger partial charge in [-0.15, -0.1) is 0 Å². The minimum absolute atomic E-state index is 0.00760. The zero-order valence-corrected chi connectivity index (χ0v) is 12.5. The van der Waals surface area contributed by atoms with E-state index in [-0.39, 0.29) is 28.2 Å². The van der Waals surface area contributed by atoms with Gasteiger partial charge in [0.15, 0.2) is 0 Å². The maximum atomic E-state index is 12.5. The van der Waals surface area contributed by atoms with Gasteiger partial charge >= 0.3 is 0 Å². The molecule has 21 heavy (non-hydrogen) atoms. The topological polar surface area (TPSA) is 127 Å². The number of rotatable bonds is 5. The summed E-state index contributed by atoms with van der Waals surface area (Å²) >= 11 is 0. The maximum Gasteiger partial charge on any atom is 0.248 e. The first-order valence-corrected chi connectivity index (χ1v) is 7.99. The number of aliphatic hydroxyl groups excluding tert-OH is 1. The molecular formula is C13H19N3O4S. The number of primary amides is 1. The van der Waals surface area contributed by atoms with Crippen LogP contribution < -0.4 is 11.5 Å². The quantitative estimate of drug-likeness (QED) is 0.647. The summed E-state index contributed by atoms with van der Waals surface area (Å²) in [4.78, 5) is 11.0. The Morgan fingerprint density at radius 1 is 1.43 bits per heavy atom. The predicted octanol–water partition coefficient (Wildman–Crippen LogP) is -0.241. The number of carbonyl (C=O) groups is 1. The van der Waals surface area contributed by atoms with Crippen LogP contribution in [0, 0.1) is 5.92 Å². The standard InChI is InChI=1S/C13H19N3O4S/c1-16(7-8-4-10(17)5-8)21(19,20)12-3-2-9(13(15)18)6-11(12)14/h2-3,6,8,10,17H,4-5,7,14H2,1H3,(H2,15,18). The molecule has 2 rings (SSSR count). The Labute approximate surface area is 123 Å². The molecule has 0 spiro atoms. The second-order valence-corrected chi connectivity index (χ2v) is 7.41. The summed E-state index contributed by atoms with van der Waals surface area (Å²) in [7, 11) is -2.25. The predicted molar refractivity (Wildman–Crippen MR) is 77.9 cm³/mol. The molecular weight excluding hydrogens is 294 g/mol. The first kappa shape index (κ1) is 15.7. The summed E-state index contributed by atoms with van der Waals surface area (Å²) < 4.78 is 26.1. The number of carbonyl (C=O) groups excluding carboxylic acids is 1. The van der Waals surface area contributed by atoms with Crippen molar-refractivity contribution in [3.05, 3.63) is 23.8 Å². The Hall–Kier alpha value is -1.64. The van der Waals surface area contributed by atoms with Crippen molar-refractivity contribution in [2.45, 2.75) is 23.8 Å². The maximum absolute atomic E-state index is 12.5. The number of benzene rings is 1. The summed E-state index contributed by atoms with van der Waals surface area (Å²) in [6.45, 7) is 0.330. The first-order valence-electron chi connectivity index (χ1n) is 6.55. The average Bonchev–Trinajstić information content (AvgIpc) is 2.36. The van der Waals surface area contributed by atoms with Crippen LogP contribution in [0.25, 0.3) is 0 Å². The molecule has 0 unspecified atom stereocenters. The number of amides is 1. The number of hydrogen-bond donors (Lipinski definition) is 3. The summed E-state index contributed by atoms with van der Waals surface area (Å²) in [6, 6.07) is 3.89. The molecule has 1 amide bonds. The summed E-state index contributed by atoms with van der Waals surface area (Å²) in [5, 5.41) is 9.25. The van der Waals surface area contributed by atoms with E-state index in [1.165, 1.54) is 29.6 Å². The molecule has 1 fully saturated rings. The van der Waals surface area contributed by atoms with Gasteiger partial charge < -0.3 is 16.6 Å². The molecule has 0 radical (unpaired) electrons. The molecule has 1 aromatic carbocycles. The number of nitrogens with zero attached hydrogens (tertiary/aromatic N) is 1. The van der Waals surface area contributed by atoms with Crippen LogP contribution in [0.3, 0.4) is 0 Å². The van der Waals surface area contributed by atoms with E-state index in [9.17, 15) is 18.3 Å².